The van der Waals surface area contributed by atoms with E-state index in [0.717, 1.165) is 29.6 Å². The maximum atomic E-state index is 12.0. The first kappa shape index (κ1) is 14.6. The second-order valence-corrected chi connectivity index (χ2v) is 6.82. The second-order valence-electron chi connectivity index (χ2n) is 6.41. The summed E-state index contributed by atoms with van der Waals surface area (Å²) in [6, 6.07) is 9.73. The van der Waals surface area contributed by atoms with Gasteiger partial charge in [-0.3, -0.25) is 19.8 Å². The quantitative estimate of drug-likeness (QED) is 0.857. The monoisotopic (exact) mass is 329 g/mol. The molecule has 1 N–H and O–H groups in total. The summed E-state index contributed by atoms with van der Waals surface area (Å²) in [6.07, 6.45) is 1.03. The molecule has 2 aliphatic heterocycles. The van der Waals surface area contributed by atoms with Crippen LogP contribution in [-0.4, -0.2) is 34.8 Å². The molecule has 2 aromatic rings. The molecule has 4 rings (SSSR count). The lowest BCUT2D eigenvalue weighted by Crippen LogP contribution is -2.34. The molecule has 118 valence electrons. The molecule has 2 fully saturated rings. The fourth-order valence-electron chi connectivity index (χ4n) is 3.58. The average Bonchev–Trinajstić information content (AvgIpc) is 3.04. The average molecular weight is 330 g/mol. The van der Waals surface area contributed by atoms with Crippen LogP contribution in [0.15, 0.2) is 30.3 Å². The number of fused-ring (bicyclic) bond motifs is 1. The predicted octanol–water partition coefficient (Wildman–Crippen LogP) is 2.13. The molecule has 0 aliphatic carbocycles. The van der Waals surface area contributed by atoms with Crippen molar-refractivity contribution in [3.05, 3.63) is 41.0 Å². The van der Waals surface area contributed by atoms with Gasteiger partial charge in [0.05, 0.1) is 21.6 Å². The van der Waals surface area contributed by atoms with Crippen molar-refractivity contribution in [2.45, 2.75) is 19.4 Å². The third-order valence-corrected chi connectivity index (χ3v) is 5.09. The van der Waals surface area contributed by atoms with Crippen LogP contribution in [-0.2, 0) is 16.1 Å². The number of hydrogen-bond donors (Lipinski definition) is 1. The molecular formula is C17H16ClN3O2. The number of carbonyl (C=O) groups is 2. The van der Waals surface area contributed by atoms with Crippen molar-refractivity contribution in [1.82, 2.24) is 15.2 Å². The van der Waals surface area contributed by atoms with E-state index in [2.05, 4.69) is 15.2 Å². The summed E-state index contributed by atoms with van der Waals surface area (Å²) >= 11 is 6.21. The highest BCUT2D eigenvalue weighted by Crippen LogP contribution is 2.38. The molecule has 2 amide bonds. The van der Waals surface area contributed by atoms with E-state index < -0.39 is 5.41 Å². The summed E-state index contributed by atoms with van der Waals surface area (Å²) in [5.41, 5.74) is 1.19. The molecule has 1 aromatic carbocycles. The van der Waals surface area contributed by atoms with Gasteiger partial charge in [0.15, 0.2) is 0 Å². The van der Waals surface area contributed by atoms with Crippen molar-refractivity contribution in [2.24, 2.45) is 5.41 Å². The summed E-state index contributed by atoms with van der Waals surface area (Å²) in [7, 11) is 0. The normalized spacial score (nSPS) is 24.7. The van der Waals surface area contributed by atoms with Crippen LogP contribution in [0.25, 0.3) is 10.9 Å². The Morgan fingerprint density at radius 2 is 2.13 bits per heavy atom. The Morgan fingerprint density at radius 3 is 2.91 bits per heavy atom. The molecule has 2 aliphatic rings. The van der Waals surface area contributed by atoms with Gasteiger partial charge in [0, 0.05) is 24.9 Å². The Labute approximate surface area is 138 Å². The summed E-state index contributed by atoms with van der Waals surface area (Å²) in [4.78, 5) is 30.4. The summed E-state index contributed by atoms with van der Waals surface area (Å²) in [5.74, 6) is -0.285. The van der Waals surface area contributed by atoms with Crippen molar-refractivity contribution >= 4 is 34.3 Å². The molecule has 1 atom stereocenters. The lowest BCUT2D eigenvalue weighted by Gasteiger charge is -2.20. The molecule has 0 unspecified atom stereocenters. The van der Waals surface area contributed by atoms with Gasteiger partial charge in [-0.1, -0.05) is 29.8 Å². The molecule has 3 heterocycles. The molecule has 1 aromatic heterocycles. The largest absolute Gasteiger partial charge is 0.296 e. The molecular weight excluding hydrogens is 314 g/mol. The van der Waals surface area contributed by atoms with Gasteiger partial charge in [-0.05, 0) is 25.1 Å². The SMILES string of the molecule is O=C1C[C@]2(CCN(Cc3ccc4cccc(Cl)c4n3)C2)C(=O)N1. The van der Waals surface area contributed by atoms with E-state index >= 15 is 0 Å². The second kappa shape index (κ2) is 5.28. The first-order valence-corrected chi connectivity index (χ1v) is 8.04. The molecule has 1 spiro atoms. The number of rotatable bonds is 2. The van der Waals surface area contributed by atoms with Gasteiger partial charge in [-0.15, -0.1) is 0 Å². The summed E-state index contributed by atoms with van der Waals surface area (Å²) in [5, 5.41) is 4.08. The number of nitrogens with zero attached hydrogens (tertiary/aromatic N) is 2. The third-order valence-electron chi connectivity index (χ3n) is 4.78. The van der Waals surface area contributed by atoms with E-state index in [4.69, 9.17) is 11.6 Å². The molecule has 5 nitrogen and oxygen atoms in total. The maximum Gasteiger partial charge on any atom is 0.234 e. The van der Waals surface area contributed by atoms with Crippen molar-refractivity contribution in [1.29, 1.82) is 0 Å². The number of para-hydroxylation sites is 1. The number of carbonyl (C=O) groups excluding carboxylic acids is 2. The Balaban J connectivity index is 1.54. The van der Waals surface area contributed by atoms with Gasteiger partial charge in [0.25, 0.3) is 0 Å². The number of aromatic nitrogens is 1. The minimum Gasteiger partial charge on any atom is -0.296 e. The zero-order chi connectivity index (χ0) is 16.0. The minimum atomic E-state index is -0.536. The Bertz CT molecular complexity index is 823. The minimum absolute atomic E-state index is 0.125. The number of likely N-dealkylation sites (tertiary alicyclic amines) is 1. The molecule has 0 bridgehead atoms. The fraction of sp³-hybridized carbons (Fsp3) is 0.353. The Morgan fingerprint density at radius 1 is 1.26 bits per heavy atom. The lowest BCUT2D eigenvalue weighted by atomic mass is 9.85. The van der Waals surface area contributed by atoms with Crippen LogP contribution >= 0.6 is 11.6 Å². The molecule has 0 saturated carbocycles. The van der Waals surface area contributed by atoms with Gasteiger partial charge in [-0.25, -0.2) is 4.98 Å². The zero-order valence-electron chi connectivity index (χ0n) is 12.5. The number of amides is 2. The molecule has 0 radical (unpaired) electrons. The fourth-order valence-corrected chi connectivity index (χ4v) is 3.81. The van der Waals surface area contributed by atoms with Crippen LogP contribution in [0.1, 0.15) is 18.5 Å². The lowest BCUT2D eigenvalue weighted by molar-refractivity contribution is -0.128. The summed E-state index contributed by atoms with van der Waals surface area (Å²) < 4.78 is 0. The highest BCUT2D eigenvalue weighted by atomic mass is 35.5. The number of imide groups is 1. The van der Waals surface area contributed by atoms with Gasteiger partial charge in [0.2, 0.25) is 11.8 Å². The van der Waals surface area contributed by atoms with Crippen molar-refractivity contribution in [3.63, 3.8) is 0 Å². The smallest absolute Gasteiger partial charge is 0.234 e. The summed E-state index contributed by atoms with van der Waals surface area (Å²) in [6.45, 7) is 2.06. The van der Waals surface area contributed by atoms with Crippen molar-refractivity contribution in [2.75, 3.05) is 13.1 Å². The van der Waals surface area contributed by atoms with Gasteiger partial charge < -0.3 is 0 Å². The van der Waals surface area contributed by atoms with Crippen LogP contribution in [0, 0.1) is 5.41 Å². The molecule has 2 saturated heterocycles. The number of nitrogens with one attached hydrogen (secondary N) is 1. The highest BCUT2D eigenvalue weighted by Gasteiger charge is 2.50. The first-order valence-electron chi connectivity index (χ1n) is 7.67. The number of benzene rings is 1. The van der Waals surface area contributed by atoms with E-state index in [0.29, 0.717) is 24.5 Å². The van der Waals surface area contributed by atoms with Crippen molar-refractivity contribution in [3.8, 4) is 0 Å². The molecule has 23 heavy (non-hydrogen) atoms. The topological polar surface area (TPSA) is 62.3 Å². The van der Waals surface area contributed by atoms with Crippen LogP contribution in [0.2, 0.25) is 5.02 Å². The van der Waals surface area contributed by atoms with Gasteiger partial charge in [-0.2, -0.15) is 0 Å². The highest BCUT2D eigenvalue weighted by molar-refractivity contribution is 6.35. The maximum absolute atomic E-state index is 12.0. The number of halogens is 1. The van der Waals surface area contributed by atoms with E-state index in [-0.39, 0.29) is 11.8 Å². The van der Waals surface area contributed by atoms with E-state index in [1.807, 2.05) is 30.3 Å². The van der Waals surface area contributed by atoms with E-state index in [1.165, 1.54) is 0 Å². The van der Waals surface area contributed by atoms with Crippen molar-refractivity contribution < 1.29 is 9.59 Å². The Hall–Kier alpha value is -1.98. The number of pyridine rings is 1. The standard InChI is InChI=1S/C17H16ClN3O2/c18-13-3-1-2-11-4-5-12(19-15(11)13)9-21-7-6-17(10-21)8-14(22)20-16(17)23/h1-5H,6-10H2,(H,20,22,23)/t17-/m0/s1. The van der Waals surface area contributed by atoms with E-state index in [9.17, 15) is 9.59 Å². The van der Waals surface area contributed by atoms with Crippen LogP contribution < -0.4 is 5.32 Å². The predicted molar refractivity (Wildman–Crippen MR) is 86.8 cm³/mol. The zero-order valence-corrected chi connectivity index (χ0v) is 13.3. The third kappa shape index (κ3) is 2.50. The van der Waals surface area contributed by atoms with Crippen LogP contribution in [0.3, 0.4) is 0 Å². The van der Waals surface area contributed by atoms with Gasteiger partial charge >= 0.3 is 0 Å². The van der Waals surface area contributed by atoms with Crippen LogP contribution in [0.5, 0.6) is 0 Å². The molecule has 6 heteroatoms. The van der Waals surface area contributed by atoms with Gasteiger partial charge in [0.1, 0.15) is 0 Å². The first-order chi connectivity index (χ1) is 11.1. The van der Waals surface area contributed by atoms with Crippen LogP contribution in [0.4, 0.5) is 0 Å². The number of hydrogen-bond acceptors (Lipinski definition) is 4. The van der Waals surface area contributed by atoms with E-state index in [1.54, 1.807) is 0 Å². The Kier molecular flexibility index (Phi) is 3.36.